The molecule has 2 atom stereocenters. The predicted molar refractivity (Wildman–Crippen MR) is 125 cm³/mol. The molecule has 2 unspecified atom stereocenters. The van der Waals surface area contributed by atoms with Gasteiger partial charge in [0.1, 0.15) is 5.76 Å². The van der Waals surface area contributed by atoms with E-state index in [0.29, 0.717) is 24.1 Å². The van der Waals surface area contributed by atoms with Crippen molar-refractivity contribution < 1.29 is 9.15 Å². The van der Waals surface area contributed by atoms with Gasteiger partial charge in [0.15, 0.2) is 5.89 Å². The van der Waals surface area contributed by atoms with E-state index in [1.807, 2.05) is 37.7 Å². The summed E-state index contributed by atoms with van der Waals surface area (Å²) in [6.07, 6.45) is 8.23. The van der Waals surface area contributed by atoms with Crippen molar-refractivity contribution in [2.24, 2.45) is 0 Å². The van der Waals surface area contributed by atoms with E-state index in [9.17, 15) is 0 Å². The first-order chi connectivity index (χ1) is 14.5. The van der Waals surface area contributed by atoms with Gasteiger partial charge in [-0.2, -0.15) is 11.8 Å². The number of rotatable bonds is 6. The molecule has 4 nitrogen and oxygen atoms in total. The van der Waals surface area contributed by atoms with Crippen molar-refractivity contribution in [2.75, 3.05) is 25.2 Å². The normalized spacial score (nSPS) is 28.0. The number of ether oxygens (including phenoxy) is 1. The fourth-order valence-electron chi connectivity index (χ4n) is 4.91. The van der Waals surface area contributed by atoms with Crippen LogP contribution in [0, 0.1) is 13.8 Å². The van der Waals surface area contributed by atoms with Crippen LogP contribution < -0.4 is 0 Å². The highest BCUT2D eigenvalue weighted by Crippen LogP contribution is 2.37. The van der Waals surface area contributed by atoms with E-state index in [4.69, 9.17) is 20.8 Å². The van der Waals surface area contributed by atoms with Gasteiger partial charge in [-0.1, -0.05) is 23.7 Å². The average molecular weight is 449 g/mol. The zero-order valence-electron chi connectivity index (χ0n) is 18.3. The molecule has 2 aliphatic rings. The Labute approximate surface area is 189 Å². The van der Waals surface area contributed by atoms with Crippen LogP contribution in [0.2, 0.25) is 5.02 Å². The summed E-state index contributed by atoms with van der Waals surface area (Å²) < 4.78 is 12.2. The monoisotopic (exact) mass is 448 g/mol. The van der Waals surface area contributed by atoms with Gasteiger partial charge in [-0.15, -0.1) is 0 Å². The number of aromatic nitrogens is 1. The Hall–Kier alpha value is -1.01. The number of nitrogens with zero attached hydrogens (tertiary/aromatic N) is 2. The van der Waals surface area contributed by atoms with E-state index < -0.39 is 0 Å². The van der Waals surface area contributed by atoms with Crippen LogP contribution in [0.25, 0.3) is 0 Å². The average Bonchev–Trinajstić information content (AvgIpc) is 3.09. The first-order valence-corrected chi connectivity index (χ1v) is 12.8. The van der Waals surface area contributed by atoms with E-state index in [1.165, 1.54) is 18.4 Å². The second kappa shape index (κ2) is 10.1. The molecule has 164 valence electrons. The summed E-state index contributed by atoms with van der Waals surface area (Å²) >= 11 is 7.96. The second-order valence-electron chi connectivity index (χ2n) is 8.79. The van der Waals surface area contributed by atoms with Gasteiger partial charge in [-0.25, -0.2) is 4.98 Å². The number of halogens is 1. The summed E-state index contributed by atoms with van der Waals surface area (Å²) in [5, 5.41) is 0.797. The highest BCUT2D eigenvalue weighted by Gasteiger charge is 2.36. The minimum atomic E-state index is 0.330. The highest BCUT2D eigenvalue weighted by molar-refractivity contribution is 7.98. The molecule has 4 rings (SSSR count). The third-order valence-electron chi connectivity index (χ3n) is 6.70. The fraction of sp³-hybridized carbons (Fsp3) is 0.625. The molecular weight excluding hydrogens is 416 g/mol. The van der Waals surface area contributed by atoms with Crippen LogP contribution in [0.3, 0.4) is 0 Å². The van der Waals surface area contributed by atoms with Gasteiger partial charge >= 0.3 is 0 Å². The molecule has 30 heavy (non-hydrogen) atoms. The molecule has 1 aromatic carbocycles. The van der Waals surface area contributed by atoms with Gasteiger partial charge in [-0.3, -0.25) is 4.90 Å². The third kappa shape index (κ3) is 5.24. The Morgan fingerprint density at radius 3 is 2.50 bits per heavy atom. The first kappa shape index (κ1) is 22.2. The molecule has 2 fully saturated rings. The lowest BCUT2D eigenvalue weighted by Gasteiger charge is -2.46. The van der Waals surface area contributed by atoms with E-state index >= 15 is 0 Å². The molecule has 1 saturated heterocycles. The Morgan fingerprint density at radius 2 is 1.87 bits per heavy atom. The molecule has 1 saturated carbocycles. The van der Waals surface area contributed by atoms with Gasteiger partial charge in [0.25, 0.3) is 0 Å². The van der Waals surface area contributed by atoms with Crippen molar-refractivity contribution in [3.05, 3.63) is 52.2 Å². The van der Waals surface area contributed by atoms with E-state index in [0.717, 1.165) is 60.5 Å². The maximum atomic E-state index is 6.24. The van der Waals surface area contributed by atoms with E-state index in [2.05, 4.69) is 28.3 Å². The molecule has 1 aliphatic carbocycles. The van der Waals surface area contributed by atoms with Crippen molar-refractivity contribution in [3.63, 3.8) is 0 Å². The quantitative estimate of drug-likeness (QED) is 0.571. The van der Waals surface area contributed by atoms with E-state index in [1.54, 1.807) is 0 Å². The summed E-state index contributed by atoms with van der Waals surface area (Å²) in [5.74, 6) is 3.44. The molecule has 2 aromatic rings. The van der Waals surface area contributed by atoms with Crippen molar-refractivity contribution in [3.8, 4) is 0 Å². The minimum Gasteiger partial charge on any atom is -0.445 e. The van der Waals surface area contributed by atoms with Crippen LogP contribution in [0.15, 0.2) is 28.7 Å². The van der Waals surface area contributed by atoms with Crippen LogP contribution in [-0.4, -0.2) is 53.2 Å². The molecule has 0 radical (unpaired) electrons. The molecule has 2 heterocycles. The largest absolute Gasteiger partial charge is 0.445 e. The summed E-state index contributed by atoms with van der Waals surface area (Å²) in [7, 11) is 0. The molecule has 6 heteroatoms. The lowest BCUT2D eigenvalue weighted by atomic mass is 9.84. The van der Waals surface area contributed by atoms with Gasteiger partial charge in [0.05, 0.1) is 18.4 Å². The van der Waals surface area contributed by atoms with Crippen LogP contribution in [-0.2, 0) is 11.2 Å². The summed E-state index contributed by atoms with van der Waals surface area (Å²) in [6.45, 7) is 5.89. The van der Waals surface area contributed by atoms with Gasteiger partial charge < -0.3 is 9.15 Å². The second-order valence-corrected chi connectivity index (χ2v) is 10.1. The lowest BCUT2D eigenvalue weighted by molar-refractivity contribution is -0.0753. The van der Waals surface area contributed by atoms with Gasteiger partial charge in [-0.05, 0) is 69.9 Å². The van der Waals surface area contributed by atoms with Crippen molar-refractivity contribution in [2.45, 2.75) is 70.1 Å². The molecule has 0 N–H and O–H groups in total. The minimum absolute atomic E-state index is 0.330. The maximum absolute atomic E-state index is 6.24. The summed E-state index contributed by atoms with van der Waals surface area (Å²) in [6, 6.07) is 9.33. The van der Waals surface area contributed by atoms with Crippen molar-refractivity contribution in [1.29, 1.82) is 0 Å². The SMILES string of the molecule is CSCC1CN(C2CCC(c3nc(C)c(C)o3)CC2)C(Cc2ccc(Cl)cc2)CO1. The van der Waals surface area contributed by atoms with Crippen LogP contribution in [0.5, 0.6) is 0 Å². The van der Waals surface area contributed by atoms with Gasteiger partial charge in [0.2, 0.25) is 0 Å². The van der Waals surface area contributed by atoms with Crippen LogP contribution in [0.1, 0.15) is 54.5 Å². The number of aryl methyl sites for hydroxylation is 2. The maximum Gasteiger partial charge on any atom is 0.197 e. The van der Waals surface area contributed by atoms with Crippen molar-refractivity contribution in [1.82, 2.24) is 9.88 Å². The zero-order chi connectivity index (χ0) is 21.1. The Bertz CT molecular complexity index is 798. The third-order valence-corrected chi connectivity index (χ3v) is 7.66. The number of hydrogen-bond donors (Lipinski definition) is 0. The zero-order valence-corrected chi connectivity index (χ0v) is 19.8. The smallest absolute Gasteiger partial charge is 0.197 e. The molecular formula is C24H33ClN2O2S. The Morgan fingerprint density at radius 1 is 1.13 bits per heavy atom. The van der Waals surface area contributed by atoms with Gasteiger partial charge in [0, 0.05) is 35.3 Å². The number of oxazole rings is 1. The molecule has 0 amide bonds. The standard InChI is InChI=1S/C24H33ClN2O2S/c1-16-17(2)29-24(26-16)19-6-10-21(11-7-19)27-13-23(15-30-3)28-14-22(27)12-18-4-8-20(25)9-5-18/h4-5,8-9,19,21-23H,6-7,10-15H2,1-3H3. The fourth-order valence-corrected chi connectivity index (χ4v) is 5.61. The van der Waals surface area contributed by atoms with Crippen molar-refractivity contribution >= 4 is 23.4 Å². The lowest BCUT2D eigenvalue weighted by Crippen LogP contribution is -2.56. The molecule has 1 aromatic heterocycles. The summed E-state index contributed by atoms with van der Waals surface area (Å²) in [4.78, 5) is 7.42. The number of thioether (sulfide) groups is 1. The summed E-state index contributed by atoms with van der Waals surface area (Å²) in [5.41, 5.74) is 2.36. The Balaban J connectivity index is 1.43. The van der Waals surface area contributed by atoms with E-state index in [-0.39, 0.29) is 0 Å². The predicted octanol–water partition coefficient (Wildman–Crippen LogP) is 5.65. The Kier molecular flexibility index (Phi) is 7.45. The molecule has 0 spiro atoms. The van der Waals surface area contributed by atoms with Crippen LogP contribution >= 0.6 is 23.4 Å². The number of morpholine rings is 1. The topological polar surface area (TPSA) is 38.5 Å². The number of benzene rings is 1. The molecule has 1 aliphatic heterocycles. The highest BCUT2D eigenvalue weighted by atomic mass is 35.5. The molecule has 0 bridgehead atoms. The van der Waals surface area contributed by atoms with Crippen LogP contribution in [0.4, 0.5) is 0 Å². The number of hydrogen-bond acceptors (Lipinski definition) is 5. The first-order valence-electron chi connectivity index (χ1n) is 11.1.